The fraction of sp³-hybridized carbons (Fsp3) is 0. The van der Waals surface area contributed by atoms with Gasteiger partial charge in [0.15, 0.2) is 0 Å². The second-order valence-electron chi connectivity index (χ2n) is 5.43. The largest absolute Gasteiger partial charge is 0.318 e. The average molecular weight is 299 g/mol. The summed E-state index contributed by atoms with van der Waals surface area (Å²) in [5.74, 6) is -1.04. The van der Waals surface area contributed by atoms with Gasteiger partial charge in [-0.15, -0.1) is 0 Å². The van der Waals surface area contributed by atoms with Crippen LogP contribution in [0.25, 0.3) is 22.3 Å². The summed E-state index contributed by atoms with van der Waals surface area (Å²) in [6, 6.07) is 23.3. The van der Waals surface area contributed by atoms with E-state index in [4.69, 9.17) is 0 Å². The number of carbonyl (C=O) groups is 2. The number of anilines is 1. The number of benzene rings is 3. The zero-order valence-electron chi connectivity index (χ0n) is 12.2. The first-order chi connectivity index (χ1) is 11.3. The highest BCUT2D eigenvalue weighted by Gasteiger charge is 2.32. The average Bonchev–Trinajstić information content (AvgIpc) is 2.90. The van der Waals surface area contributed by atoms with Gasteiger partial charge in [-0.2, -0.15) is 0 Å². The summed E-state index contributed by atoms with van der Waals surface area (Å²) in [7, 11) is 0. The third-order valence-corrected chi connectivity index (χ3v) is 4.03. The lowest BCUT2D eigenvalue weighted by Gasteiger charge is -2.14. The van der Waals surface area contributed by atoms with Crippen LogP contribution >= 0.6 is 0 Å². The van der Waals surface area contributed by atoms with Crippen LogP contribution in [0, 0.1) is 0 Å². The third kappa shape index (κ3) is 2.14. The van der Waals surface area contributed by atoms with Crippen molar-refractivity contribution in [2.45, 2.75) is 0 Å². The monoisotopic (exact) mass is 299 g/mol. The fourth-order valence-corrected chi connectivity index (χ4v) is 3.00. The number of rotatable bonds is 2. The molecule has 3 aromatic carbocycles. The molecular weight excluding hydrogens is 286 g/mol. The Hall–Kier alpha value is -3.20. The summed E-state index contributed by atoms with van der Waals surface area (Å²) in [6.45, 7) is 0. The number of Topliss-reactive ketones (excluding diaryl/α,β-unsaturated/α-hetero) is 1. The zero-order chi connectivity index (χ0) is 15.8. The lowest BCUT2D eigenvalue weighted by molar-refractivity contribution is -0.112. The Kier molecular flexibility index (Phi) is 3.05. The van der Waals surface area contributed by atoms with Gasteiger partial charge in [0, 0.05) is 5.56 Å². The number of fused-ring (bicyclic) bond motifs is 1. The van der Waals surface area contributed by atoms with E-state index in [0.29, 0.717) is 11.3 Å². The molecule has 0 aliphatic carbocycles. The van der Waals surface area contributed by atoms with E-state index in [1.807, 2.05) is 66.7 Å². The van der Waals surface area contributed by atoms with Crippen LogP contribution in [0.15, 0.2) is 72.8 Å². The van der Waals surface area contributed by atoms with Crippen molar-refractivity contribution >= 4 is 17.4 Å². The van der Waals surface area contributed by atoms with E-state index < -0.39 is 11.7 Å². The van der Waals surface area contributed by atoms with Crippen LogP contribution in [-0.2, 0) is 4.79 Å². The van der Waals surface area contributed by atoms with Gasteiger partial charge in [-0.1, -0.05) is 66.7 Å². The van der Waals surface area contributed by atoms with Crippen molar-refractivity contribution in [3.8, 4) is 22.3 Å². The topological polar surface area (TPSA) is 46.2 Å². The highest BCUT2D eigenvalue weighted by molar-refractivity contribution is 6.53. The standard InChI is InChI=1S/C20H13NO2/c22-19-18-16(21-20(19)23)12-11-15(13-7-3-1-4-8-13)17(18)14-9-5-2-6-10-14/h1-12H,(H,21,22,23). The van der Waals surface area contributed by atoms with Crippen molar-refractivity contribution < 1.29 is 9.59 Å². The zero-order valence-corrected chi connectivity index (χ0v) is 12.2. The Morgan fingerprint density at radius 2 is 1.22 bits per heavy atom. The van der Waals surface area contributed by atoms with Gasteiger partial charge in [0.25, 0.3) is 11.7 Å². The van der Waals surface area contributed by atoms with Gasteiger partial charge in [-0.3, -0.25) is 9.59 Å². The number of ketones is 1. The molecule has 4 rings (SSSR count). The molecule has 0 fully saturated rings. The Labute approximate surface area is 133 Å². The summed E-state index contributed by atoms with van der Waals surface area (Å²) >= 11 is 0. The highest BCUT2D eigenvalue weighted by atomic mass is 16.2. The number of nitrogens with one attached hydrogen (secondary N) is 1. The molecular formula is C20H13NO2. The van der Waals surface area contributed by atoms with Gasteiger partial charge in [0.1, 0.15) is 0 Å². The SMILES string of the molecule is O=C1Nc2ccc(-c3ccccc3)c(-c3ccccc3)c2C1=O. The number of hydrogen-bond donors (Lipinski definition) is 1. The molecule has 1 heterocycles. The van der Waals surface area contributed by atoms with Crippen LogP contribution in [0.4, 0.5) is 5.69 Å². The maximum atomic E-state index is 12.4. The Morgan fingerprint density at radius 1 is 0.609 bits per heavy atom. The molecule has 0 bridgehead atoms. The maximum Gasteiger partial charge on any atom is 0.296 e. The number of hydrogen-bond acceptors (Lipinski definition) is 2. The molecule has 0 aromatic heterocycles. The molecule has 0 atom stereocenters. The van der Waals surface area contributed by atoms with Crippen LogP contribution in [0.3, 0.4) is 0 Å². The van der Waals surface area contributed by atoms with Crippen molar-refractivity contribution in [2.24, 2.45) is 0 Å². The van der Waals surface area contributed by atoms with E-state index in [-0.39, 0.29) is 0 Å². The van der Waals surface area contributed by atoms with Crippen LogP contribution in [0.5, 0.6) is 0 Å². The quantitative estimate of drug-likeness (QED) is 0.722. The van der Waals surface area contributed by atoms with E-state index in [1.54, 1.807) is 6.07 Å². The van der Waals surface area contributed by atoms with Gasteiger partial charge in [0.2, 0.25) is 0 Å². The van der Waals surface area contributed by atoms with Crippen LogP contribution < -0.4 is 5.32 Å². The summed E-state index contributed by atoms with van der Waals surface area (Å²) in [6.07, 6.45) is 0. The van der Waals surface area contributed by atoms with Crippen LogP contribution in [-0.4, -0.2) is 11.7 Å². The van der Waals surface area contributed by atoms with E-state index in [2.05, 4.69) is 5.32 Å². The first-order valence-corrected chi connectivity index (χ1v) is 7.39. The smallest absolute Gasteiger partial charge is 0.296 e. The van der Waals surface area contributed by atoms with E-state index in [0.717, 1.165) is 22.3 Å². The lowest BCUT2D eigenvalue weighted by atomic mass is 9.89. The number of amides is 1. The molecule has 3 aromatic rings. The summed E-state index contributed by atoms with van der Waals surface area (Å²) in [5, 5.41) is 2.65. The summed E-state index contributed by atoms with van der Waals surface area (Å²) in [4.78, 5) is 24.2. The van der Waals surface area contributed by atoms with Crippen molar-refractivity contribution in [1.29, 1.82) is 0 Å². The second-order valence-corrected chi connectivity index (χ2v) is 5.43. The Balaban J connectivity index is 2.06. The minimum atomic E-state index is -0.567. The molecule has 1 aliphatic rings. The highest BCUT2D eigenvalue weighted by Crippen LogP contribution is 2.40. The van der Waals surface area contributed by atoms with Crippen LogP contribution in [0.1, 0.15) is 10.4 Å². The molecule has 3 heteroatoms. The minimum absolute atomic E-state index is 0.461. The van der Waals surface area contributed by atoms with Gasteiger partial charge < -0.3 is 5.32 Å². The predicted molar refractivity (Wildman–Crippen MR) is 90.3 cm³/mol. The molecule has 0 unspecified atom stereocenters. The van der Waals surface area contributed by atoms with Gasteiger partial charge in [0.05, 0.1) is 11.3 Å². The number of carbonyl (C=O) groups excluding carboxylic acids is 2. The lowest BCUT2D eigenvalue weighted by Crippen LogP contribution is -2.12. The normalized spacial score (nSPS) is 12.9. The molecule has 0 radical (unpaired) electrons. The molecule has 0 saturated heterocycles. The third-order valence-electron chi connectivity index (χ3n) is 4.03. The minimum Gasteiger partial charge on any atom is -0.318 e. The van der Waals surface area contributed by atoms with Crippen molar-refractivity contribution in [3.05, 3.63) is 78.4 Å². The van der Waals surface area contributed by atoms with Crippen LogP contribution in [0.2, 0.25) is 0 Å². The molecule has 1 aliphatic heterocycles. The summed E-state index contributed by atoms with van der Waals surface area (Å²) in [5.41, 5.74) is 4.73. The predicted octanol–water partition coefficient (Wildman–Crippen LogP) is 4.16. The van der Waals surface area contributed by atoms with Crippen molar-refractivity contribution in [3.63, 3.8) is 0 Å². The Morgan fingerprint density at radius 3 is 1.87 bits per heavy atom. The first kappa shape index (κ1) is 13.5. The van der Waals surface area contributed by atoms with Gasteiger partial charge >= 0.3 is 0 Å². The first-order valence-electron chi connectivity index (χ1n) is 7.39. The molecule has 0 saturated carbocycles. The molecule has 23 heavy (non-hydrogen) atoms. The maximum absolute atomic E-state index is 12.4. The Bertz CT molecular complexity index is 915. The van der Waals surface area contributed by atoms with Gasteiger partial charge in [-0.25, -0.2) is 0 Å². The van der Waals surface area contributed by atoms with Crippen molar-refractivity contribution in [1.82, 2.24) is 0 Å². The van der Waals surface area contributed by atoms with Gasteiger partial charge in [-0.05, 0) is 22.8 Å². The second kappa shape index (κ2) is 5.21. The summed E-state index contributed by atoms with van der Waals surface area (Å²) < 4.78 is 0. The molecule has 0 spiro atoms. The van der Waals surface area contributed by atoms with Crippen molar-refractivity contribution in [2.75, 3.05) is 5.32 Å². The van der Waals surface area contributed by atoms with E-state index in [9.17, 15) is 9.59 Å². The molecule has 1 amide bonds. The molecule has 3 nitrogen and oxygen atoms in total. The van der Waals surface area contributed by atoms with E-state index >= 15 is 0 Å². The molecule has 110 valence electrons. The van der Waals surface area contributed by atoms with E-state index in [1.165, 1.54) is 0 Å². The molecule has 1 N–H and O–H groups in total. The fourth-order valence-electron chi connectivity index (χ4n) is 3.00.